The van der Waals surface area contributed by atoms with Gasteiger partial charge >= 0.3 is 0 Å². The largest absolute Gasteiger partial charge is 0.481 e. The lowest BCUT2D eigenvalue weighted by Gasteiger charge is -2.05. The van der Waals surface area contributed by atoms with Gasteiger partial charge in [-0.2, -0.15) is 4.98 Å². The van der Waals surface area contributed by atoms with Crippen molar-refractivity contribution >= 4 is 15.9 Å². The minimum atomic E-state index is 0.423. The molecule has 0 saturated carbocycles. The van der Waals surface area contributed by atoms with Crippen molar-refractivity contribution < 1.29 is 4.74 Å². The van der Waals surface area contributed by atoms with Crippen LogP contribution in [0.25, 0.3) is 0 Å². The molecule has 13 heavy (non-hydrogen) atoms. The van der Waals surface area contributed by atoms with Crippen molar-refractivity contribution in [1.82, 2.24) is 9.97 Å². The maximum Gasteiger partial charge on any atom is 0.216 e. The molecule has 0 aliphatic carbocycles. The summed E-state index contributed by atoms with van der Waals surface area (Å²) in [6.45, 7) is 3.95. The Bertz CT molecular complexity index is 289. The molecule has 1 atom stereocenters. The zero-order valence-corrected chi connectivity index (χ0v) is 9.63. The summed E-state index contributed by atoms with van der Waals surface area (Å²) in [5.41, 5.74) is 1.01. The lowest BCUT2D eigenvalue weighted by atomic mass is 10.2. The molecule has 0 amide bonds. The number of alkyl halides is 1. The molecule has 0 saturated heterocycles. The van der Waals surface area contributed by atoms with E-state index in [1.54, 1.807) is 7.11 Å². The molecule has 0 N–H and O–H groups in total. The summed E-state index contributed by atoms with van der Waals surface area (Å²) in [5.74, 6) is 1.39. The molecule has 0 aromatic carbocycles. The molecule has 0 spiro atoms. The number of rotatable bonds is 3. The number of hydrogen-bond acceptors (Lipinski definition) is 3. The highest BCUT2D eigenvalue weighted by molar-refractivity contribution is 9.09. The van der Waals surface area contributed by atoms with Gasteiger partial charge in [0.25, 0.3) is 0 Å². The van der Waals surface area contributed by atoms with Gasteiger partial charge in [-0.05, 0) is 6.92 Å². The van der Waals surface area contributed by atoms with Crippen molar-refractivity contribution in [2.24, 2.45) is 0 Å². The molecule has 0 aliphatic rings. The second-order valence-corrected chi connectivity index (χ2v) is 4.50. The Balaban J connectivity index is 2.88. The SMILES string of the molecule is COc1cc(CC(C)Br)nc(C)n1. The van der Waals surface area contributed by atoms with E-state index >= 15 is 0 Å². The first-order chi connectivity index (χ1) is 6.11. The molecular formula is C9H13BrN2O. The number of ether oxygens (including phenoxy) is 1. The van der Waals surface area contributed by atoms with Gasteiger partial charge in [0.15, 0.2) is 0 Å². The average molecular weight is 245 g/mol. The van der Waals surface area contributed by atoms with E-state index in [-0.39, 0.29) is 0 Å². The Morgan fingerprint density at radius 2 is 2.23 bits per heavy atom. The van der Waals surface area contributed by atoms with Crippen molar-refractivity contribution in [2.45, 2.75) is 25.1 Å². The molecule has 0 bridgehead atoms. The maximum absolute atomic E-state index is 5.05. The molecule has 0 aliphatic heterocycles. The summed E-state index contributed by atoms with van der Waals surface area (Å²) < 4.78 is 5.05. The predicted molar refractivity (Wildman–Crippen MR) is 55.4 cm³/mol. The van der Waals surface area contributed by atoms with Gasteiger partial charge in [0, 0.05) is 23.0 Å². The highest BCUT2D eigenvalue weighted by atomic mass is 79.9. The van der Waals surface area contributed by atoms with Gasteiger partial charge in [-0.15, -0.1) is 0 Å². The molecule has 4 heteroatoms. The van der Waals surface area contributed by atoms with Gasteiger partial charge < -0.3 is 4.74 Å². The summed E-state index contributed by atoms with van der Waals surface area (Å²) in [7, 11) is 1.61. The lowest BCUT2D eigenvalue weighted by Crippen LogP contribution is -2.03. The third-order valence-electron chi connectivity index (χ3n) is 1.57. The molecule has 3 nitrogen and oxygen atoms in total. The molecule has 1 rings (SSSR count). The first kappa shape index (κ1) is 10.4. The van der Waals surface area contributed by atoms with Crippen LogP contribution in [0.2, 0.25) is 0 Å². The third-order valence-corrected chi connectivity index (χ3v) is 1.89. The number of methoxy groups -OCH3 is 1. The van der Waals surface area contributed by atoms with E-state index in [9.17, 15) is 0 Å². The summed E-state index contributed by atoms with van der Waals surface area (Å²) in [6.07, 6.45) is 0.889. The van der Waals surface area contributed by atoms with Gasteiger partial charge in [0.1, 0.15) is 5.82 Å². The van der Waals surface area contributed by atoms with Crippen molar-refractivity contribution in [1.29, 1.82) is 0 Å². The van der Waals surface area contributed by atoms with Gasteiger partial charge in [-0.3, -0.25) is 0 Å². The zero-order valence-electron chi connectivity index (χ0n) is 8.04. The van der Waals surface area contributed by atoms with Gasteiger partial charge in [0.2, 0.25) is 5.88 Å². The summed E-state index contributed by atoms with van der Waals surface area (Å²) in [4.78, 5) is 8.83. The Morgan fingerprint density at radius 1 is 1.54 bits per heavy atom. The number of aromatic nitrogens is 2. The summed E-state index contributed by atoms with van der Waals surface area (Å²) in [6, 6.07) is 1.87. The summed E-state index contributed by atoms with van der Waals surface area (Å²) in [5, 5.41) is 0. The lowest BCUT2D eigenvalue weighted by molar-refractivity contribution is 0.394. The van der Waals surface area contributed by atoms with Crippen LogP contribution in [0.5, 0.6) is 5.88 Å². The van der Waals surface area contributed by atoms with Gasteiger partial charge in [-0.25, -0.2) is 4.98 Å². The number of hydrogen-bond donors (Lipinski definition) is 0. The minimum Gasteiger partial charge on any atom is -0.481 e. The molecule has 1 heterocycles. The smallest absolute Gasteiger partial charge is 0.216 e. The Morgan fingerprint density at radius 3 is 2.77 bits per heavy atom. The van der Waals surface area contributed by atoms with Gasteiger partial charge in [-0.1, -0.05) is 22.9 Å². The van der Waals surface area contributed by atoms with Crippen molar-refractivity contribution in [3.8, 4) is 5.88 Å². The quantitative estimate of drug-likeness (QED) is 0.765. The molecule has 72 valence electrons. The topological polar surface area (TPSA) is 35.0 Å². The molecule has 1 unspecified atom stereocenters. The normalized spacial score (nSPS) is 12.6. The van der Waals surface area contributed by atoms with Crippen LogP contribution >= 0.6 is 15.9 Å². The van der Waals surface area contributed by atoms with E-state index < -0.39 is 0 Å². The van der Waals surface area contributed by atoms with Crippen molar-refractivity contribution in [3.63, 3.8) is 0 Å². The standard InChI is InChI=1S/C9H13BrN2O/c1-6(10)4-8-5-9(13-3)12-7(2)11-8/h5-6H,4H2,1-3H3. The predicted octanol–water partition coefficient (Wildman–Crippen LogP) is 2.12. The van der Waals surface area contributed by atoms with E-state index in [0.29, 0.717) is 10.7 Å². The fourth-order valence-electron chi connectivity index (χ4n) is 1.10. The van der Waals surface area contributed by atoms with Crippen LogP contribution in [0.3, 0.4) is 0 Å². The van der Waals surface area contributed by atoms with Gasteiger partial charge in [0.05, 0.1) is 7.11 Å². The maximum atomic E-state index is 5.05. The number of aryl methyl sites for hydroxylation is 1. The Hall–Kier alpha value is -0.640. The monoisotopic (exact) mass is 244 g/mol. The second-order valence-electron chi connectivity index (χ2n) is 2.93. The van der Waals surface area contributed by atoms with Crippen molar-refractivity contribution in [3.05, 3.63) is 17.6 Å². The number of nitrogens with zero attached hydrogens (tertiary/aromatic N) is 2. The average Bonchev–Trinajstić information content (AvgIpc) is 2.01. The molecular weight excluding hydrogens is 232 g/mol. The Labute approximate surface area is 86.7 Å². The van der Waals surface area contributed by atoms with Crippen LogP contribution in [-0.4, -0.2) is 21.9 Å². The van der Waals surface area contributed by atoms with E-state index in [2.05, 4.69) is 32.8 Å². The van der Waals surface area contributed by atoms with Crippen LogP contribution < -0.4 is 4.74 Å². The van der Waals surface area contributed by atoms with E-state index in [0.717, 1.165) is 17.9 Å². The molecule has 0 fully saturated rings. The van der Waals surface area contributed by atoms with Crippen LogP contribution in [0.15, 0.2) is 6.07 Å². The van der Waals surface area contributed by atoms with Crippen LogP contribution in [0.4, 0.5) is 0 Å². The minimum absolute atomic E-state index is 0.423. The fourth-order valence-corrected chi connectivity index (χ4v) is 1.43. The highest BCUT2D eigenvalue weighted by Gasteiger charge is 2.04. The molecule has 1 aromatic rings. The van der Waals surface area contributed by atoms with Crippen LogP contribution in [0.1, 0.15) is 18.4 Å². The number of halogens is 1. The highest BCUT2D eigenvalue weighted by Crippen LogP contribution is 2.12. The van der Waals surface area contributed by atoms with Crippen LogP contribution in [0, 0.1) is 6.92 Å². The van der Waals surface area contributed by atoms with E-state index in [4.69, 9.17) is 4.74 Å². The fraction of sp³-hybridized carbons (Fsp3) is 0.556. The first-order valence-electron chi connectivity index (χ1n) is 4.14. The zero-order chi connectivity index (χ0) is 9.84. The molecule has 1 aromatic heterocycles. The van der Waals surface area contributed by atoms with E-state index in [1.165, 1.54) is 0 Å². The van der Waals surface area contributed by atoms with Crippen LogP contribution in [-0.2, 0) is 6.42 Å². The van der Waals surface area contributed by atoms with Crippen molar-refractivity contribution in [2.75, 3.05) is 7.11 Å². The Kier molecular flexibility index (Phi) is 3.66. The molecule has 0 radical (unpaired) electrons. The van der Waals surface area contributed by atoms with E-state index in [1.807, 2.05) is 13.0 Å². The third kappa shape index (κ3) is 3.30. The second kappa shape index (κ2) is 4.56. The first-order valence-corrected chi connectivity index (χ1v) is 5.06. The summed E-state index contributed by atoms with van der Waals surface area (Å²) >= 11 is 3.48.